The Labute approximate surface area is 820 Å². The zero-order valence-corrected chi connectivity index (χ0v) is 84.0. The second-order valence-corrected chi connectivity index (χ2v) is 31.9. The fourth-order valence-corrected chi connectivity index (χ4v) is 13.7. The molecule has 15 atom stereocenters. The quantitative estimate of drug-likeness (QED) is 0.00690. The Hall–Kier alpha value is -7.87. The van der Waals surface area contributed by atoms with E-state index in [0.29, 0.717) is 148 Å². The van der Waals surface area contributed by atoms with Crippen molar-refractivity contribution in [3.63, 3.8) is 0 Å². The van der Waals surface area contributed by atoms with Gasteiger partial charge in [-0.05, 0) is 97.1 Å². The molecule has 137 heavy (non-hydrogen) atoms. The molecule has 3 aromatic carbocycles. The van der Waals surface area contributed by atoms with Crippen LogP contribution in [0.15, 0.2) is 91.0 Å². The maximum atomic E-state index is 12.0. The molecular formula is C96H156F3N6O31Pd-. The molecule has 0 bridgehead atoms. The first-order valence-electron chi connectivity index (χ1n) is 46.5. The van der Waals surface area contributed by atoms with E-state index in [4.69, 9.17) is 101 Å². The fraction of sp³-hybridized carbons (Fsp3) is 0.698. The van der Waals surface area contributed by atoms with Crippen LogP contribution >= 0.6 is 0 Å². The first-order valence-corrected chi connectivity index (χ1v) is 46.5. The number of aliphatic hydroxyl groups is 2. The van der Waals surface area contributed by atoms with Crippen molar-refractivity contribution in [3.05, 3.63) is 115 Å². The standard InChI is InChI=1S/C26H41NO7.C19H33F3N2O6.C15H22O5.C13H23NO4.C12H11NO5.C6H15NO3.C4H8O.CH3.Pd/c1-5-23-19(2)20(3)25(27-21(4)28)26(34-23)32-17-16-31-15-14-30-13-9-12-24(29)33-18-22-10-7-6-8-11-22;1-5-15-12(2)13(3)16(24-14(4)25)17(30-15)29-11-10-28-9-8-27-7-6-23-18(26)19(20,21)22;16-8-10-19-12-11-18-9-4-7-15(17)20-13-14-5-2-1-3-6-14;1-6-11-7(2)8(3)12(14-9(4)15)13(18-11)17-10(5)16;14-10-6-7-11(15)13(10)18-12(16)17-8-9-4-2-1-3-5-9;7-1-3-9-5-6-10-4-2-8;1-2-4-5-3-1;;/h6-8,10-11,19-20,23,25-26H,5,9,12-18H2,1-4H3,(H,27,28);12-13,15-17H,5-11H2,1-4H3,(H,23,26)(H,24,25);1-3,5-6,16H,4,7-13H2;7-8,11-13H,6H2,1-5H3,(H,14,15);1-5H,6-8H2;8H,1-7H2;1-4H2;1H3;/q;;;;;;;-1;/t19-,20+,23-,25-,26?;12-,13+,15-,16-,17?;;7-,8+,11-,12-,13?;;;;;/m11.1...../s1. The molecule has 0 spiro atoms. The van der Waals surface area contributed by atoms with Crippen LogP contribution in [0.1, 0.15) is 177 Å². The number of hydrogen-bond donors (Lipinski definition) is 7. The van der Waals surface area contributed by atoms with E-state index in [0.717, 1.165) is 49.2 Å². The number of carbonyl (C=O) groups excluding carboxylic acids is 10. The third-order valence-electron chi connectivity index (χ3n) is 21.4. The number of ether oxygens (including phenoxy) is 18. The molecule has 0 aromatic heterocycles. The number of carbonyl (C=O) groups is 10. The zero-order valence-electron chi connectivity index (χ0n) is 82.4. The van der Waals surface area contributed by atoms with Gasteiger partial charge in [0.1, 0.15) is 19.8 Å². The van der Waals surface area contributed by atoms with Gasteiger partial charge in [-0.1, -0.05) is 158 Å². The van der Waals surface area contributed by atoms with Crippen LogP contribution in [0, 0.1) is 42.9 Å². The number of hydrogen-bond acceptors (Lipinski definition) is 32. The van der Waals surface area contributed by atoms with Crippen molar-refractivity contribution in [1.82, 2.24) is 26.3 Å². The minimum absolute atomic E-state index is 0. The summed E-state index contributed by atoms with van der Waals surface area (Å²) in [7, 11) is 0. The summed E-state index contributed by atoms with van der Waals surface area (Å²) in [6, 6.07) is 27.5. The molecule has 3 unspecified atom stereocenters. The summed E-state index contributed by atoms with van der Waals surface area (Å²) in [5, 5.41) is 27.6. The number of imide groups is 1. The van der Waals surface area contributed by atoms with Gasteiger partial charge < -0.3 is 130 Å². The predicted molar refractivity (Wildman–Crippen MR) is 493 cm³/mol. The Bertz CT molecular complexity index is 3630. The number of nitrogens with one attached hydrogen (secondary N) is 4. The van der Waals surface area contributed by atoms with Gasteiger partial charge in [0, 0.05) is 113 Å². The largest absolute Gasteiger partial charge is 0.534 e. The van der Waals surface area contributed by atoms with Gasteiger partial charge in [-0.25, -0.2) is 4.79 Å². The van der Waals surface area contributed by atoms with Gasteiger partial charge in [-0.2, -0.15) is 13.2 Å². The van der Waals surface area contributed by atoms with Crippen LogP contribution in [0.2, 0.25) is 0 Å². The summed E-state index contributed by atoms with van der Waals surface area (Å²) in [6.07, 6.45) is -0.309. The minimum Gasteiger partial charge on any atom is -0.461 e. The molecule has 8 N–H and O–H groups in total. The third-order valence-corrected chi connectivity index (χ3v) is 21.4. The molecule has 0 saturated carbocycles. The average Bonchev–Trinajstić information content (AvgIpc) is 1.43. The van der Waals surface area contributed by atoms with Crippen LogP contribution in [-0.4, -0.2) is 295 Å². The SMILES string of the molecule is C1CCOC1.CC[C@H]1OC(OC(C)=O)[C@H](NC(C)=O)[C@@H](C)[C@H]1C.CC[C@H]1OC(OCCOCCOCCCC(=O)OCc2ccccc2)[C@H](NC(C)=O)[C@@H](C)[C@H]1C.CC[C@H]1OC(OCCOCCOCCNC(=O)C(F)(F)F)[C@H](NC(C)=O)[C@@H](C)[C@H]1C.NCCOCCOCCO.O=C(CCCOCCOCCO)OCc1ccccc1.O=C(OCc1ccccc1)ON1C(=O)CCC1=O.[CH3-].[Pd]. The second kappa shape index (κ2) is 79.8. The number of alkyl halides is 3. The van der Waals surface area contributed by atoms with Crippen molar-refractivity contribution in [2.75, 3.05) is 158 Å². The number of amides is 6. The number of benzene rings is 3. The van der Waals surface area contributed by atoms with Gasteiger partial charge in [0.15, 0.2) is 12.6 Å². The molecule has 788 valence electrons. The van der Waals surface area contributed by atoms with E-state index in [2.05, 4.69) is 62.3 Å². The molecular weight excluding hydrogens is 1900 g/mol. The van der Waals surface area contributed by atoms with Crippen LogP contribution in [-0.2, 0) is 173 Å². The molecule has 0 radical (unpaired) electrons. The van der Waals surface area contributed by atoms with Gasteiger partial charge >= 0.3 is 36.1 Å². The van der Waals surface area contributed by atoms with Gasteiger partial charge in [0.05, 0.1) is 155 Å². The third kappa shape index (κ3) is 60.1. The summed E-state index contributed by atoms with van der Waals surface area (Å²) < 4.78 is 133. The summed E-state index contributed by atoms with van der Waals surface area (Å²) in [5.74, 6) is -2.72. The average molecular weight is 2050 g/mol. The Morgan fingerprint density at radius 2 is 0.766 bits per heavy atom. The Morgan fingerprint density at radius 1 is 0.445 bits per heavy atom. The number of halogens is 3. The number of rotatable bonds is 51. The molecule has 41 heteroatoms. The summed E-state index contributed by atoms with van der Waals surface area (Å²) in [6.45, 7) is 34.3. The zero-order chi connectivity index (χ0) is 100.0. The maximum absolute atomic E-state index is 12.0. The van der Waals surface area contributed by atoms with Crippen LogP contribution in [0.25, 0.3) is 0 Å². The van der Waals surface area contributed by atoms with Crippen molar-refractivity contribution >= 4 is 59.5 Å². The first-order chi connectivity index (χ1) is 64.8. The van der Waals surface area contributed by atoms with E-state index in [-0.39, 0.29) is 190 Å². The summed E-state index contributed by atoms with van der Waals surface area (Å²) >= 11 is 0. The van der Waals surface area contributed by atoms with Crippen molar-refractivity contribution in [2.45, 2.75) is 242 Å². The summed E-state index contributed by atoms with van der Waals surface area (Å²) in [5.41, 5.74) is 7.91. The van der Waals surface area contributed by atoms with E-state index in [1.807, 2.05) is 87.5 Å². The van der Waals surface area contributed by atoms with Gasteiger partial charge in [-0.3, -0.25) is 48.0 Å². The van der Waals surface area contributed by atoms with Crippen molar-refractivity contribution in [3.8, 4) is 0 Å². The Kier molecular flexibility index (Phi) is 75.2. The van der Waals surface area contributed by atoms with Gasteiger partial charge in [-0.15, -0.1) is 0 Å². The number of nitrogens with zero attached hydrogens (tertiary/aromatic N) is 1. The van der Waals surface area contributed by atoms with Crippen LogP contribution in [0.3, 0.4) is 0 Å². The molecule has 5 heterocycles. The van der Waals surface area contributed by atoms with Crippen molar-refractivity contribution in [2.24, 2.45) is 41.2 Å². The topological polar surface area (TPSA) is 464 Å². The van der Waals surface area contributed by atoms with Crippen LogP contribution in [0.4, 0.5) is 18.0 Å². The molecule has 37 nitrogen and oxygen atoms in total. The molecule has 8 rings (SSSR count). The Balaban J connectivity index is 0.00000165. The van der Waals surface area contributed by atoms with Crippen LogP contribution < -0.4 is 27.0 Å². The monoisotopic (exact) mass is 2050 g/mol. The second-order valence-electron chi connectivity index (χ2n) is 31.9. The van der Waals surface area contributed by atoms with Gasteiger partial charge in [0.2, 0.25) is 24.0 Å². The van der Waals surface area contributed by atoms with Crippen molar-refractivity contribution in [1.29, 1.82) is 0 Å². The summed E-state index contributed by atoms with van der Waals surface area (Å²) in [4.78, 5) is 117. The smallest absolute Gasteiger partial charge is 0.461 e. The number of hydroxylamine groups is 2. The predicted octanol–water partition coefficient (Wildman–Crippen LogP) is 9.71. The van der Waals surface area contributed by atoms with E-state index >= 15 is 0 Å². The van der Waals surface area contributed by atoms with E-state index in [1.165, 1.54) is 40.5 Å². The minimum atomic E-state index is -4.89. The fourth-order valence-electron chi connectivity index (χ4n) is 13.7. The molecule has 5 aliphatic rings. The van der Waals surface area contributed by atoms with E-state index < -0.39 is 54.9 Å². The van der Waals surface area contributed by atoms with Gasteiger partial charge in [0.25, 0.3) is 11.8 Å². The molecule has 5 fully saturated rings. The van der Waals surface area contributed by atoms with E-state index in [1.54, 1.807) is 29.6 Å². The maximum Gasteiger partial charge on any atom is 0.534 e. The molecule has 5 saturated heterocycles. The Morgan fingerprint density at radius 3 is 1.09 bits per heavy atom. The number of nitrogens with two attached hydrogens (primary N) is 1. The van der Waals surface area contributed by atoms with E-state index in [9.17, 15) is 61.1 Å². The number of esters is 3. The normalized spacial score (nSPS) is 21.8. The van der Waals surface area contributed by atoms with Crippen LogP contribution in [0.5, 0.6) is 0 Å². The van der Waals surface area contributed by atoms with Crippen molar-refractivity contribution < 1.29 is 182 Å². The molecule has 0 aliphatic carbocycles. The first kappa shape index (κ1) is 129. The molecule has 6 amide bonds. The number of aliphatic hydroxyl groups excluding tert-OH is 2. The molecule has 3 aromatic rings. The molecule has 5 aliphatic heterocycles.